The summed E-state index contributed by atoms with van der Waals surface area (Å²) in [5.41, 5.74) is 0.147. The predicted octanol–water partition coefficient (Wildman–Crippen LogP) is 1.12. The summed E-state index contributed by atoms with van der Waals surface area (Å²) in [7, 11) is 0. The van der Waals surface area contributed by atoms with Gasteiger partial charge in [-0.25, -0.2) is 8.78 Å². The highest BCUT2D eigenvalue weighted by molar-refractivity contribution is 5.94. The normalized spacial score (nSPS) is 17.3. The van der Waals surface area contributed by atoms with Crippen molar-refractivity contribution in [2.24, 2.45) is 0 Å². The molecule has 0 radical (unpaired) electrons. The molecule has 1 aliphatic rings. The predicted molar refractivity (Wildman–Crippen MR) is 81.2 cm³/mol. The third kappa shape index (κ3) is 4.95. The lowest BCUT2D eigenvalue weighted by Gasteiger charge is -2.35. The number of hydrogen-bond acceptors (Lipinski definition) is 4. The molecule has 1 aliphatic heterocycles. The number of rotatable bonds is 6. The summed E-state index contributed by atoms with van der Waals surface area (Å²) < 4.78 is 31.3. The molecular weight excluding hydrogens is 306 g/mol. The molecule has 23 heavy (non-hydrogen) atoms. The second-order valence-electron chi connectivity index (χ2n) is 5.53. The molecule has 0 bridgehead atoms. The van der Waals surface area contributed by atoms with Gasteiger partial charge < -0.3 is 14.7 Å². The Balaban J connectivity index is 1.83. The molecular formula is C16H22F2N2O3. The van der Waals surface area contributed by atoms with Crippen LogP contribution in [0.1, 0.15) is 17.3 Å². The van der Waals surface area contributed by atoms with Crippen LogP contribution in [-0.4, -0.2) is 72.9 Å². The number of halogens is 2. The van der Waals surface area contributed by atoms with Crippen molar-refractivity contribution in [2.75, 3.05) is 45.9 Å². The quantitative estimate of drug-likeness (QED) is 0.850. The first-order valence-corrected chi connectivity index (χ1v) is 7.73. The number of carbonyl (C=O) groups is 1. The Hall–Kier alpha value is -1.57. The number of nitrogens with zero attached hydrogens (tertiary/aromatic N) is 2. The van der Waals surface area contributed by atoms with Gasteiger partial charge in [-0.1, -0.05) is 0 Å². The molecule has 0 aromatic heterocycles. The highest BCUT2D eigenvalue weighted by atomic mass is 19.2. The van der Waals surface area contributed by atoms with Crippen LogP contribution >= 0.6 is 0 Å². The molecule has 0 saturated carbocycles. The molecule has 1 N–H and O–H groups in total. The average Bonchev–Trinajstić information content (AvgIpc) is 2.55. The maximum absolute atomic E-state index is 13.2. The molecule has 1 atom stereocenters. The second-order valence-corrected chi connectivity index (χ2v) is 5.53. The van der Waals surface area contributed by atoms with Crippen molar-refractivity contribution in [1.29, 1.82) is 0 Å². The van der Waals surface area contributed by atoms with Crippen molar-refractivity contribution < 1.29 is 23.4 Å². The highest BCUT2D eigenvalue weighted by Gasteiger charge is 2.24. The first kappa shape index (κ1) is 17.8. The van der Waals surface area contributed by atoms with E-state index in [9.17, 15) is 18.7 Å². The van der Waals surface area contributed by atoms with Gasteiger partial charge in [0.05, 0.1) is 12.7 Å². The van der Waals surface area contributed by atoms with Crippen LogP contribution in [-0.2, 0) is 4.74 Å². The summed E-state index contributed by atoms with van der Waals surface area (Å²) in [4.78, 5) is 15.9. The van der Waals surface area contributed by atoms with Crippen molar-refractivity contribution in [2.45, 2.75) is 13.0 Å². The Morgan fingerprint density at radius 1 is 1.26 bits per heavy atom. The van der Waals surface area contributed by atoms with E-state index in [0.29, 0.717) is 45.9 Å². The third-order valence-electron chi connectivity index (χ3n) is 3.81. The highest BCUT2D eigenvalue weighted by Crippen LogP contribution is 2.13. The zero-order valence-electron chi connectivity index (χ0n) is 13.2. The minimum absolute atomic E-state index is 0.147. The number of piperazine rings is 1. The number of carbonyl (C=O) groups excluding carboxylic acids is 1. The number of aliphatic hydroxyl groups excluding tert-OH is 1. The molecule has 5 nitrogen and oxygen atoms in total. The molecule has 1 saturated heterocycles. The van der Waals surface area contributed by atoms with E-state index in [1.807, 2.05) is 6.92 Å². The van der Waals surface area contributed by atoms with Gasteiger partial charge in [-0.15, -0.1) is 0 Å². The lowest BCUT2D eigenvalue weighted by Crippen LogP contribution is -2.50. The number of hydrogen-bond donors (Lipinski definition) is 1. The van der Waals surface area contributed by atoms with Gasteiger partial charge in [0, 0.05) is 44.9 Å². The maximum atomic E-state index is 13.2. The van der Waals surface area contributed by atoms with Gasteiger partial charge in [-0.2, -0.15) is 0 Å². The molecule has 1 amide bonds. The van der Waals surface area contributed by atoms with Gasteiger partial charge in [0.1, 0.15) is 0 Å². The van der Waals surface area contributed by atoms with Gasteiger partial charge >= 0.3 is 0 Å². The molecule has 2 rings (SSSR count). The monoisotopic (exact) mass is 328 g/mol. The molecule has 1 aromatic carbocycles. The first-order chi connectivity index (χ1) is 11.0. The van der Waals surface area contributed by atoms with Crippen molar-refractivity contribution in [3.8, 4) is 0 Å². The van der Waals surface area contributed by atoms with Crippen LogP contribution in [0.15, 0.2) is 18.2 Å². The van der Waals surface area contributed by atoms with Crippen molar-refractivity contribution in [3.63, 3.8) is 0 Å². The minimum atomic E-state index is -1.02. The zero-order valence-corrected chi connectivity index (χ0v) is 13.2. The van der Waals surface area contributed by atoms with Crippen molar-refractivity contribution >= 4 is 5.91 Å². The van der Waals surface area contributed by atoms with Gasteiger partial charge in [-0.05, 0) is 25.1 Å². The first-order valence-electron chi connectivity index (χ1n) is 7.73. The zero-order chi connectivity index (χ0) is 16.8. The van der Waals surface area contributed by atoms with E-state index in [-0.39, 0.29) is 11.5 Å². The largest absolute Gasteiger partial charge is 0.389 e. The van der Waals surface area contributed by atoms with Crippen LogP contribution in [0.5, 0.6) is 0 Å². The van der Waals surface area contributed by atoms with Crippen LogP contribution in [0.4, 0.5) is 8.78 Å². The lowest BCUT2D eigenvalue weighted by molar-refractivity contribution is 0.0111. The van der Waals surface area contributed by atoms with Crippen LogP contribution in [0.2, 0.25) is 0 Å². The summed E-state index contributed by atoms with van der Waals surface area (Å²) in [6.45, 7) is 5.44. The fourth-order valence-corrected chi connectivity index (χ4v) is 2.55. The summed E-state index contributed by atoms with van der Waals surface area (Å²) in [6.07, 6.45) is -0.552. The summed E-state index contributed by atoms with van der Waals surface area (Å²) in [5, 5.41) is 9.82. The molecule has 0 spiro atoms. The Morgan fingerprint density at radius 3 is 2.57 bits per heavy atom. The van der Waals surface area contributed by atoms with Crippen LogP contribution < -0.4 is 0 Å². The molecule has 7 heteroatoms. The minimum Gasteiger partial charge on any atom is -0.389 e. The van der Waals surface area contributed by atoms with E-state index < -0.39 is 17.7 Å². The van der Waals surface area contributed by atoms with E-state index in [1.54, 1.807) is 4.90 Å². The van der Waals surface area contributed by atoms with E-state index >= 15 is 0 Å². The van der Waals surface area contributed by atoms with E-state index in [4.69, 9.17) is 4.74 Å². The van der Waals surface area contributed by atoms with Gasteiger partial charge in [0.25, 0.3) is 5.91 Å². The molecule has 1 fully saturated rings. The molecule has 0 unspecified atom stereocenters. The van der Waals surface area contributed by atoms with Crippen LogP contribution in [0.3, 0.4) is 0 Å². The van der Waals surface area contributed by atoms with Gasteiger partial charge in [0.2, 0.25) is 0 Å². The van der Waals surface area contributed by atoms with Gasteiger partial charge in [0.15, 0.2) is 11.6 Å². The summed E-state index contributed by atoms with van der Waals surface area (Å²) in [5.74, 6) is -2.29. The Morgan fingerprint density at radius 2 is 1.96 bits per heavy atom. The fourth-order valence-electron chi connectivity index (χ4n) is 2.55. The van der Waals surface area contributed by atoms with E-state index in [2.05, 4.69) is 4.90 Å². The molecule has 0 aliphatic carbocycles. The molecule has 1 heterocycles. The topological polar surface area (TPSA) is 53.0 Å². The smallest absolute Gasteiger partial charge is 0.254 e. The number of aliphatic hydroxyl groups is 1. The maximum Gasteiger partial charge on any atom is 0.254 e. The molecule has 1 aromatic rings. The third-order valence-corrected chi connectivity index (χ3v) is 3.81. The number of benzene rings is 1. The Labute approximate surface area is 134 Å². The number of amides is 1. The van der Waals surface area contributed by atoms with Gasteiger partial charge in [-0.3, -0.25) is 9.69 Å². The summed E-state index contributed by atoms with van der Waals surface area (Å²) >= 11 is 0. The van der Waals surface area contributed by atoms with Crippen LogP contribution in [0.25, 0.3) is 0 Å². The second kappa shape index (κ2) is 8.33. The summed E-state index contributed by atoms with van der Waals surface area (Å²) in [6, 6.07) is 3.18. The lowest BCUT2D eigenvalue weighted by atomic mass is 10.1. The fraction of sp³-hybridized carbons (Fsp3) is 0.562. The van der Waals surface area contributed by atoms with Crippen LogP contribution in [0, 0.1) is 11.6 Å². The standard InChI is InChI=1S/C16H22F2N2O3/c1-2-23-11-13(21)10-19-5-7-20(8-6-19)16(22)12-3-4-14(17)15(18)9-12/h3-4,9,13,21H,2,5-8,10-11H2,1H3/t13-/m0/s1. The van der Waals surface area contributed by atoms with E-state index in [0.717, 1.165) is 12.1 Å². The average molecular weight is 328 g/mol. The number of β-amino-alcohol motifs (C(OH)–C–C–N with tert-alkyl or cyclic N) is 1. The SMILES string of the molecule is CCOC[C@@H](O)CN1CCN(C(=O)c2ccc(F)c(F)c2)CC1. The van der Waals surface area contributed by atoms with Crippen molar-refractivity contribution in [3.05, 3.63) is 35.4 Å². The van der Waals surface area contributed by atoms with Crippen molar-refractivity contribution in [1.82, 2.24) is 9.80 Å². The number of ether oxygens (including phenoxy) is 1. The Bertz CT molecular complexity index is 534. The molecule has 128 valence electrons. The van der Waals surface area contributed by atoms with E-state index in [1.165, 1.54) is 6.07 Å². The Kier molecular flexibility index (Phi) is 6.44.